The Bertz CT molecular complexity index is 1680. The number of amides is 6. The number of carbonyl (C=O) groups is 6. The fourth-order valence-corrected chi connectivity index (χ4v) is 6.05. The predicted octanol–water partition coefficient (Wildman–Crippen LogP) is -8.20. The molecule has 0 saturated heterocycles. The predicted molar refractivity (Wildman–Crippen MR) is 252 cm³/mol. The van der Waals surface area contributed by atoms with Crippen molar-refractivity contribution in [2.45, 2.75) is 113 Å². The van der Waals surface area contributed by atoms with Crippen molar-refractivity contribution in [1.82, 2.24) is 58.5 Å². The van der Waals surface area contributed by atoms with Crippen LogP contribution in [0.15, 0.2) is 0 Å². The number of primary amides is 1. The van der Waals surface area contributed by atoms with E-state index in [9.17, 15) is 28.8 Å². The molecule has 0 radical (unpaired) electrons. The summed E-state index contributed by atoms with van der Waals surface area (Å²) in [6, 6.07) is -7.57. The van der Waals surface area contributed by atoms with Crippen LogP contribution in [0.3, 0.4) is 0 Å². The molecule has 0 rings (SSSR count). The first-order valence-corrected chi connectivity index (χ1v) is 21.6. The van der Waals surface area contributed by atoms with E-state index in [4.69, 9.17) is 78.3 Å². The molecule has 0 unspecified atom stereocenters. The van der Waals surface area contributed by atoms with Gasteiger partial charge in [0.05, 0.1) is 6.04 Å². The molecule has 0 aliphatic carbocycles. The van der Waals surface area contributed by atoms with Crippen molar-refractivity contribution >= 4 is 71.2 Å². The summed E-state index contributed by atoms with van der Waals surface area (Å²) in [6.45, 7) is 0.950. The molecule has 31 nitrogen and oxygen atoms in total. The Morgan fingerprint density at radius 2 is 0.507 bits per heavy atom. The van der Waals surface area contributed by atoms with Crippen molar-refractivity contribution in [3.05, 3.63) is 0 Å². The highest BCUT2D eigenvalue weighted by Crippen LogP contribution is 2.08. The first-order valence-electron chi connectivity index (χ1n) is 21.6. The van der Waals surface area contributed by atoms with Crippen molar-refractivity contribution in [3.8, 4) is 0 Å². The minimum Gasteiger partial charge on any atom is -0.370 e. The molecule has 6 atom stereocenters. The lowest BCUT2D eigenvalue weighted by atomic mass is 10.0. The molecule has 0 aromatic rings. The standard InChI is InChI=1S/C36H75N25O6/c37-19(7-1-13-51-31(39)40)26(63)58-21(9-3-15-53-33(43)44)28(65)60-23(11-5-17-55-35(47)48)30(67)61-24(12-6-18-56-36(49)50)29(66)59-22(10-4-16-54-34(45)46)27(64)57-20(25(38)62)8-2-14-52-32(41)42/h19-24H,1-18,37H2,(H2,38,62)(H,57,64)(H,58,63)(H,59,66)(H,60,65)(H,61,67)(H4,39,40,51)(H4,41,42,52)(H4,43,44,53)(H4,45,46,54)(H4,47,48,55)(H4,49,50,56)/t19-,20-,21-,22-,23-,24-/m0/s1. The van der Waals surface area contributed by atoms with E-state index in [-0.39, 0.29) is 146 Å². The molecule has 0 spiro atoms. The topological polar surface area (TPSA) is 586 Å². The Morgan fingerprint density at radius 1 is 0.313 bits per heavy atom. The van der Waals surface area contributed by atoms with Gasteiger partial charge >= 0.3 is 0 Å². The second kappa shape index (κ2) is 33.8. The number of hydrogen-bond acceptors (Lipinski definition) is 13. The summed E-state index contributed by atoms with van der Waals surface area (Å²) in [4.78, 5) is 81.5. The summed E-state index contributed by atoms with van der Waals surface area (Å²) in [6.07, 6.45) is 1.39. The summed E-state index contributed by atoms with van der Waals surface area (Å²) in [5, 5.41) is 73.1. The van der Waals surface area contributed by atoms with E-state index in [0.29, 0.717) is 6.42 Å². The zero-order chi connectivity index (χ0) is 50.9. The van der Waals surface area contributed by atoms with Gasteiger partial charge in [-0.3, -0.25) is 61.2 Å². The lowest BCUT2D eigenvalue weighted by Crippen LogP contribution is -2.59. The Kier molecular flexibility index (Phi) is 30.0. The third-order valence-electron chi connectivity index (χ3n) is 9.46. The summed E-state index contributed by atoms with van der Waals surface area (Å²) in [5.74, 6) is -6.77. The molecule has 0 heterocycles. The minimum atomic E-state index is -1.38. The average molecular weight is 954 g/mol. The van der Waals surface area contributed by atoms with Gasteiger partial charge in [0.2, 0.25) is 35.4 Å². The highest BCUT2D eigenvalue weighted by Gasteiger charge is 2.32. The molecule has 0 aromatic carbocycles. The third kappa shape index (κ3) is 30.2. The van der Waals surface area contributed by atoms with Gasteiger partial charge in [0, 0.05) is 39.3 Å². The van der Waals surface area contributed by atoms with Crippen molar-refractivity contribution in [2.75, 3.05) is 39.3 Å². The maximum atomic E-state index is 14.2. The van der Waals surface area contributed by atoms with Crippen LogP contribution in [-0.4, -0.2) is 147 Å². The van der Waals surface area contributed by atoms with Gasteiger partial charge in [-0.15, -0.1) is 0 Å². The number of carbonyl (C=O) groups excluding carboxylic acids is 6. The number of guanidine groups is 6. The van der Waals surface area contributed by atoms with Crippen molar-refractivity contribution in [2.24, 2.45) is 45.9 Å². The molecule has 31 heteroatoms. The van der Waals surface area contributed by atoms with E-state index in [0.717, 1.165) is 0 Å². The number of nitrogens with two attached hydrogens (primary N) is 8. The normalized spacial score (nSPS) is 13.2. The maximum Gasteiger partial charge on any atom is 0.243 e. The van der Waals surface area contributed by atoms with E-state index in [1.54, 1.807) is 0 Å². The summed E-state index contributed by atoms with van der Waals surface area (Å²) >= 11 is 0. The zero-order valence-corrected chi connectivity index (χ0v) is 37.8. The van der Waals surface area contributed by atoms with E-state index >= 15 is 0 Å². The second-order valence-electron chi connectivity index (χ2n) is 15.2. The van der Waals surface area contributed by atoms with Crippen molar-refractivity contribution < 1.29 is 28.8 Å². The summed E-state index contributed by atoms with van der Waals surface area (Å²) in [5.41, 5.74) is 43.9. The molecular formula is C36H75N25O6. The van der Waals surface area contributed by atoms with Gasteiger partial charge in [0.15, 0.2) is 35.8 Å². The molecule has 0 aromatic heterocycles. The van der Waals surface area contributed by atoms with Crippen LogP contribution in [-0.2, 0) is 28.8 Å². The van der Waals surface area contributed by atoms with E-state index < -0.39 is 71.7 Å². The van der Waals surface area contributed by atoms with Crippen LogP contribution in [0, 0.1) is 32.5 Å². The second-order valence-corrected chi connectivity index (χ2v) is 15.2. The molecule has 67 heavy (non-hydrogen) atoms. The van der Waals surface area contributed by atoms with E-state index in [1.807, 2.05) is 0 Å². The molecule has 0 bridgehead atoms. The number of nitrogens with one attached hydrogen (secondary N) is 17. The molecule has 0 aliphatic rings. The molecule has 0 saturated carbocycles. The van der Waals surface area contributed by atoms with Gasteiger partial charge < -0.3 is 104 Å². The number of hydrogen-bond donors (Lipinski definition) is 25. The summed E-state index contributed by atoms with van der Waals surface area (Å²) < 4.78 is 0. The van der Waals surface area contributed by atoms with Gasteiger partial charge in [-0.2, -0.15) is 0 Å². The quantitative estimate of drug-likeness (QED) is 0.0159. The smallest absolute Gasteiger partial charge is 0.243 e. The SMILES string of the molecule is N=C(N)NCCC[C@H](NC(=O)[C@H](CCCNC(=N)N)NC(=O)[C@H](CCCNC(=N)N)NC(=O)[C@H](CCCNC(=N)N)NC(=O)[C@H](CCCNC(=N)N)NC(=O)[C@@H](N)CCCNC(=N)N)C(N)=O. The van der Waals surface area contributed by atoms with Crippen molar-refractivity contribution in [1.29, 1.82) is 32.5 Å². The van der Waals surface area contributed by atoms with Gasteiger partial charge in [0.25, 0.3) is 0 Å². The van der Waals surface area contributed by atoms with E-state index in [1.165, 1.54) is 0 Å². The Balaban J connectivity index is 6.68. The Labute approximate surface area is 388 Å². The first kappa shape index (κ1) is 59.4. The lowest BCUT2D eigenvalue weighted by Gasteiger charge is -2.27. The molecular weight excluding hydrogens is 879 g/mol. The van der Waals surface area contributed by atoms with E-state index in [2.05, 4.69) is 58.5 Å². The maximum absolute atomic E-state index is 14.2. The van der Waals surface area contributed by atoms with Crippen LogP contribution in [0.5, 0.6) is 0 Å². The fourth-order valence-electron chi connectivity index (χ4n) is 6.05. The molecule has 0 aliphatic heterocycles. The highest BCUT2D eigenvalue weighted by atomic mass is 16.2. The Hall–Kier alpha value is -7.60. The monoisotopic (exact) mass is 954 g/mol. The highest BCUT2D eigenvalue weighted by molar-refractivity contribution is 5.96. The summed E-state index contributed by atoms with van der Waals surface area (Å²) in [7, 11) is 0. The molecule has 6 amide bonds. The molecule has 0 fully saturated rings. The van der Waals surface area contributed by atoms with Gasteiger partial charge in [0.1, 0.15) is 30.2 Å². The molecule has 33 N–H and O–H groups in total. The van der Waals surface area contributed by atoms with Gasteiger partial charge in [-0.1, -0.05) is 0 Å². The minimum absolute atomic E-state index is 0.00216. The van der Waals surface area contributed by atoms with Gasteiger partial charge in [-0.25, -0.2) is 0 Å². The van der Waals surface area contributed by atoms with Crippen LogP contribution in [0.2, 0.25) is 0 Å². The molecule has 380 valence electrons. The fraction of sp³-hybridized carbons (Fsp3) is 0.667. The first-order chi connectivity index (χ1) is 31.5. The zero-order valence-electron chi connectivity index (χ0n) is 37.8. The van der Waals surface area contributed by atoms with Gasteiger partial charge in [-0.05, 0) is 77.0 Å². The Morgan fingerprint density at radius 3 is 0.731 bits per heavy atom. The lowest BCUT2D eigenvalue weighted by molar-refractivity contribution is -0.135. The van der Waals surface area contributed by atoms with Crippen LogP contribution in [0.1, 0.15) is 77.0 Å². The number of rotatable bonds is 35. The largest absolute Gasteiger partial charge is 0.370 e. The van der Waals surface area contributed by atoms with Crippen LogP contribution in [0.25, 0.3) is 0 Å². The van der Waals surface area contributed by atoms with Crippen molar-refractivity contribution in [3.63, 3.8) is 0 Å². The average Bonchev–Trinajstić information content (AvgIpc) is 3.23. The van der Waals surface area contributed by atoms with Crippen LogP contribution < -0.4 is 104 Å². The van der Waals surface area contributed by atoms with Crippen LogP contribution in [0.4, 0.5) is 0 Å². The van der Waals surface area contributed by atoms with Crippen LogP contribution >= 0.6 is 0 Å². The third-order valence-corrected chi connectivity index (χ3v) is 9.46.